The number of aromatic nitrogens is 2. The molecule has 2 N–H and O–H groups in total. The van der Waals surface area contributed by atoms with Gasteiger partial charge in [0.25, 0.3) is 17.7 Å². The number of halogens is 1. The molecule has 0 aliphatic carbocycles. The number of rotatable bonds is 6. The maximum absolute atomic E-state index is 14.1. The van der Waals surface area contributed by atoms with Crippen molar-refractivity contribution in [1.82, 2.24) is 20.4 Å². The van der Waals surface area contributed by atoms with Crippen LogP contribution in [-0.4, -0.2) is 39.4 Å². The molecule has 0 spiro atoms. The number of carbonyl (C=O) groups is 3. The van der Waals surface area contributed by atoms with Crippen LogP contribution in [0.5, 0.6) is 0 Å². The summed E-state index contributed by atoms with van der Waals surface area (Å²) in [7, 11) is 0. The van der Waals surface area contributed by atoms with E-state index in [0.29, 0.717) is 22.3 Å². The second kappa shape index (κ2) is 9.40. The van der Waals surface area contributed by atoms with Gasteiger partial charge in [-0.15, -0.1) is 0 Å². The average molecular weight is 505 g/mol. The van der Waals surface area contributed by atoms with E-state index in [-0.39, 0.29) is 6.54 Å². The normalized spacial score (nSPS) is 13.6. The van der Waals surface area contributed by atoms with Gasteiger partial charge in [-0.2, -0.15) is 5.10 Å². The van der Waals surface area contributed by atoms with E-state index in [1.807, 2.05) is 24.3 Å². The lowest BCUT2D eigenvalue weighted by atomic mass is 10.0. The van der Waals surface area contributed by atoms with Crippen LogP contribution in [0.3, 0.4) is 0 Å². The average Bonchev–Trinajstić information content (AvgIpc) is 3.51. The van der Waals surface area contributed by atoms with Gasteiger partial charge < -0.3 is 5.32 Å². The van der Waals surface area contributed by atoms with Gasteiger partial charge >= 0.3 is 0 Å². The number of H-pyrrole nitrogens is 1. The molecular weight excluding hydrogens is 483 g/mol. The molecule has 38 heavy (non-hydrogen) atoms. The van der Waals surface area contributed by atoms with E-state index in [2.05, 4.69) is 15.5 Å². The Bertz CT molecular complexity index is 1690. The summed E-state index contributed by atoms with van der Waals surface area (Å²) >= 11 is 0. The van der Waals surface area contributed by atoms with Gasteiger partial charge in [-0.1, -0.05) is 42.5 Å². The predicted octanol–water partition coefficient (Wildman–Crippen LogP) is 5.14. The fourth-order valence-corrected chi connectivity index (χ4v) is 4.75. The number of aromatic amines is 1. The molecular formula is C30H21FN4O3. The molecule has 1 aliphatic heterocycles. The predicted molar refractivity (Wildman–Crippen MR) is 140 cm³/mol. The van der Waals surface area contributed by atoms with Crippen LogP contribution in [-0.2, 0) is 0 Å². The second-order valence-corrected chi connectivity index (χ2v) is 9.10. The first-order chi connectivity index (χ1) is 18.5. The summed E-state index contributed by atoms with van der Waals surface area (Å²) < 4.78 is 14.1. The van der Waals surface area contributed by atoms with E-state index >= 15 is 0 Å². The fraction of sp³-hybridized carbons (Fsp3) is 0.0667. The number of amides is 3. The van der Waals surface area contributed by atoms with Crippen molar-refractivity contribution in [2.45, 2.75) is 6.04 Å². The van der Waals surface area contributed by atoms with Crippen molar-refractivity contribution in [2.75, 3.05) is 6.54 Å². The molecule has 0 fully saturated rings. The number of imide groups is 1. The lowest BCUT2D eigenvalue weighted by Crippen LogP contribution is -2.40. The Morgan fingerprint density at radius 3 is 2.37 bits per heavy atom. The van der Waals surface area contributed by atoms with E-state index in [4.69, 9.17) is 0 Å². The molecule has 0 saturated carbocycles. The van der Waals surface area contributed by atoms with E-state index < -0.39 is 29.6 Å². The van der Waals surface area contributed by atoms with Crippen LogP contribution < -0.4 is 5.32 Å². The number of nitrogens with one attached hydrogen (secondary N) is 2. The van der Waals surface area contributed by atoms with Crippen molar-refractivity contribution in [2.24, 2.45) is 0 Å². The van der Waals surface area contributed by atoms with E-state index in [1.54, 1.807) is 54.7 Å². The number of hydrogen-bond acceptors (Lipinski definition) is 4. The van der Waals surface area contributed by atoms with Crippen molar-refractivity contribution in [3.63, 3.8) is 0 Å². The van der Waals surface area contributed by atoms with Crippen LogP contribution in [0.1, 0.15) is 42.7 Å². The van der Waals surface area contributed by atoms with Crippen LogP contribution in [0, 0.1) is 5.82 Å². The molecule has 0 radical (unpaired) electrons. The summed E-state index contributed by atoms with van der Waals surface area (Å²) in [6.07, 6.45) is 1.73. The molecule has 186 valence electrons. The number of hydrogen-bond donors (Lipinski definition) is 2. The fourth-order valence-electron chi connectivity index (χ4n) is 4.75. The molecule has 1 aliphatic rings. The van der Waals surface area contributed by atoms with Crippen molar-refractivity contribution < 1.29 is 18.8 Å². The third-order valence-corrected chi connectivity index (χ3v) is 6.70. The van der Waals surface area contributed by atoms with Crippen molar-refractivity contribution in [1.29, 1.82) is 0 Å². The molecule has 4 aromatic carbocycles. The molecule has 1 unspecified atom stereocenters. The lowest BCUT2D eigenvalue weighted by molar-refractivity contribution is 0.0629. The summed E-state index contributed by atoms with van der Waals surface area (Å²) in [4.78, 5) is 40.5. The molecule has 5 aromatic rings. The third-order valence-electron chi connectivity index (χ3n) is 6.70. The second-order valence-electron chi connectivity index (χ2n) is 9.10. The molecule has 6 rings (SSSR count). The highest BCUT2D eigenvalue weighted by Crippen LogP contribution is 2.27. The molecule has 0 saturated heterocycles. The first kappa shape index (κ1) is 23.3. The monoisotopic (exact) mass is 504 g/mol. The van der Waals surface area contributed by atoms with Crippen LogP contribution in [0.4, 0.5) is 4.39 Å². The quantitative estimate of drug-likeness (QED) is 0.313. The summed E-state index contributed by atoms with van der Waals surface area (Å²) in [6, 6.07) is 24.5. The first-order valence-corrected chi connectivity index (χ1v) is 12.0. The summed E-state index contributed by atoms with van der Waals surface area (Å²) in [6.45, 7) is -0.140. The minimum absolute atomic E-state index is 0.140. The lowest BCUT2D eigenvalue weighted by Gasteiger charge is -2.24. The highest BCUT2D eigenvalue weighted by atomic mass is 19.1. The van der Waals surface area contributed by atoms with Gasteiger partial charge in [0.15, 0.2) is 0 Å². The topological polar surface area (TPSA) is 95.2 Å². The zero-order valence-corrected chi connectivity index (χ0v) is 20.0. The first-order valence-electron chi connectivity index (χ1n) is 12.0. The Kier molecular flexibility index (Phi) is 5.76. The molecule has 7 nitrogen and oxygen atoms in total. The third kappa shape index (κ3) is 4.22. The smallest absolute Gasteiger partial charge is 0.261 e. The zero-order chi connectivity index (χ0) is 26.2. The largest absolute Gasteiger partial charge is 0.343 e. The summed E-state index contributed by atoms with van der Waals surface area (Å²) in [5.41, 5.74) is 4.11. The van der Waals surface area contributed by atoms with E-state index in [1.165, 1.54) is 18.2 Å². The highest BCUT2D eigenvalue weighted by Gasteiger charge is 2.37. The van der Waals surface area contributed by atoms with Crippen molar-refractivity contribution in [3.05, 3.63) is 125 Å². The molecule has 0 bridgehead atoms. The molecule has 2 heterocycles. The van der Waals surface area contributed by atoms with E-state index in [9.17, 15) is 18.8 Å². The van der Waals surface area contributed by atoms with Gasteiger partial charge in [0.05, 0.1) is 35.4 Å². The Labute approximate surface area is 216 Å². The van der Waals surface area contributed by atoms with Crippen LogP contribution >= 0.6 is 0 Å². The number of carbonyl (C=O) groups excluding carboxylic acids is 3. The van der Waals surface area contributed by atoms with Crippen molar-refractivity contribution >= 4 is 28.6 Å². The van der Waals surface area contributed by atoms with Crippen LogP contribution in [0.2, 0.25) is 0 Å². The Hall–Kier alpha value is -5.11. The minimum atomic E-state index is -0.827. The Balaban J connectivity index is 1.29. The van der Waals surface area contributed by atoms with Gasteiger partial charge in [-0.3, -0.25) is 24.4 Å². The van der Waals surface area contributed by atoms with Gasteiger partial charge in [-0.25, -0.2) is 4.39 Å². The maximum atomic E-state index is 14.1. The molecule has 8 heteroatoms. The summed E-state index contributed by atoms with van der Waals surface area (Å²) in [5.74, 6) is -1.79. The highest BCUT2D eigenvalue weighted by molar-refractivity contribution is 6.21. The van der Waals surface area contributed by atoms with Crippen LogP contribution in [0.15, 0.2) is 97.2 Å². The van der Waals surface area contributed by atoms with Crippen molar-refractivity contribution in [3.8, 4) is 11.1 Å². The van der Waals surface area contributed by atoms with Gasteiger partial charge in [0, 0.05) is 10.9 Å². The Morgan fingerprint density at radius 1 is 0.868 bits per heavy atom. The summed E-state index contributed by atoms with van der Waals surface area (Å²) in [5, 5.41) is 10.8. The molecule has 3 amide bonds. The van der Waals surface area contributed by atoms with Crippen LogP contribution in [0.25, 0.3) is 22.0 Å². The Morgan fingerprint density at radius 2 is 1.61 bits per heavy atom. The molecule has 1 aromatic heterocycles. The van der Waals surface area contributed by atoms with Gasteiger partial charge in [0.2, 0.25) is 0 Å². The molecule has 1 atom stereocenters. The SMILES string of the molecule is O=C(NC(CN1C(=O)c2ccccc2C1=O)c1cccc(F)c1)c1cccc(-c2ccc3[nH]ncc3c2)c1. The van der Waals surface area contributed by atoms with E-state index in [0.717, 1.165) is 26.9 Å². The standard InChI is InChI=1S/C30H21FN4O3/c31-23-8-4-6-20(15-23)27(17-35-29(37)24-9-1-2-10-25(24)30(35)38)33-28(36)21-7-3-5-18(13-21)19-11-12-26-22(14-19)16-32-34-26/h1-16,27H,17H2,(H,32,34)(H,33,36). The number of nitrogens with zero attached hydrogens (tertiary/aromatic N) is 2. The minimum Gasteiger partial charge on any atom is -0.343 e. The number of benzene rings is 4. The number of fused-ring (bicyclic) bond motifs is 2. The maximum Gasteiger partial charge on any atom is 0.261 e. The zero-order valence-electron chi connectivity index (χ0n) is 20.0. The van der Waals surface area contributed by atoms with Gasteiger partial charge in [0.1, 0.15) is 5.82 Å². The van der Waals surface area contributed by atoms with Gasteiger partial charge in [-0.05, 0) is 65.2 Å².